The molecule has 5 heteroatoms. The second kappa shape index (κ2) is 6.34. The molecule has 1 N–H and O–H groups in total. The average molecular weight is 210 g/mol. The van der Waals surface area contributed by atoms with Crippen molar-refractivity contribution in [2.45, 2.75) is 52.1 Å². The van der Waals surface area contributed by atoms with Crippen LogP contribution in [0.4, 0.5) is 0 Å². The summed E-state index contributed by atoms with van der Waals surface area (Å²) in [5.74, 6) is 0. The van der Waals surface area contributed by atoms with Crippen molar-refractivity contribution in [1.82, 2.24) is 0 Å². The van der Waals surface area contributed by atoms with E-state index in [0.717, 1.165) is 19.3 Å². The van der Waals surface area contributed by atoms with Crippen LogP contribution in [0.15, 0.2) is 0 Å². The molecule has 0 fully saturated rings. The first-order chi connectivity index (χ1) is 5.99. The lowest BCUT2D eigenvalue weighted by molar-refractivity contribution is 0.165. The molecule has 0 unspecified atom stereocenters. The smallest absolute Gasteiger partial charge is 0.264 e. The van der Waals surface area contributed by atoms with E-state index in [-0.39, 0.29) is 6.10 Å². The van der Waals surface area contributed by atoms with Crippen molar-refractivity contribution in [3.05, 3.63) is 0 Å². The predicted octanol–water partition coefficient (Wildman–Crippen LogP) is 2.16. The average Bonchev–Trinajstić information content (AvgIpc) is 2.01. The minimum Gasteiger partial charge on any atom is -0.264 e. The fourth-order valence-electron chi connectivity index (χ4n) is 1.11. The quantitative estimate of drug-likeness (QED) is 0.516. The molecule has 0 saturated carbocycles. The van der Waals surface area contributed by atoms with Crippen molar-refractivity contribution in [1.29, 1.82) is 0 Å². The molecule has 0 heterocycles. The second-order valence-electron chi connectivity index (χ2n) is 3.05. The van der Waals surface area contributed by atoms with E-state index in [9.17, 15) is 8.42 Å². The van der Waals surface area contributed by atoms with Crippen LogP contribution in [-0.2, 0) is 14.6 Å². The largest absolute Gasteiger partial charge is 0.397 e. The van der Waals surface area contributed by atoms with E-state index in [1.54, 1.807) is 0 Å². The highest BCUT2D eigenvalue weighted by molar-refractivity contribution is 7.80. The first-order valence-corrected chi connectivity index (χ1v) is 6.01. The van der Waals surface area contributed by atoms with Gasteiger partial charge in [-0.1, -0.05) is 33.1 Å². The van der Waals surface area contributed by atoms with E-state index in [1.165, 1.54) is 0 Å². The predicted molar refractivity (Wildman–Crippen MR) is 50.9 cm³/mol. The van der Waals surface area contributed by atoms with E-state index in [0.29, 0.717) is 12.8 Å². The summed E-state index contributed by atoms with van der Waals surface area (Å²) < 4.78 is 33.6. The summed E-state index contributed by atoms with van der Waals surface area (Å²) in [7, 11) is -4.27. The zero-order valence-corrected chi connectivity index (χ0v) is 9.01. The highest BCUT2D eigenvalue weighted by atomic mass is 32.3. The molecular formula is C8H18O4S. The first-order valence-electron chi connectivity index (χ1n) is 4.65. The molecule has 0 aliphatic rings. The standard InChI is InChI=1S/C8H18O4S/c1-3-5-6-7-8(4-2)12-13(9,10)11/h8H,3-7H2,1-2H3,(H,9,10,11)/t8-/m0/s1. The van der Waals surface area contributed by atoms with Crippen LogP contribution in [0, 0.1) is 0 Å². The molecule has 0 aliphatic heterocycles. The molecule has 0 rings (SSSR count). The van der Waals surface area contributed by atoms with Crippen molar-refractivity contribution < 1.29 is 17.2 Å². The summed E-state index contributed by atoms with van der Waals surface area (Å²) in [6.45, 7) is 3.91. The molecule has 80 valence electrons. The Morgan fingerprint density at radius 2 is 1.92 bits per heavy atom. The van der Waals surface area contributed by atoms with Gasteiger partial charge in [0.15, 0.2) is 0 Å². The van der Waals surface area contributed by atoms with Crippen LogP contribution in [0.2, 0.25) is 0 Å². The minimum absolute atomic E-state index is 0.374. The van der Waals surface area contributed by atoms with E-state index < -0.39 is 10.4 Å². The summed E-state index contributed by atoms with van der Waals surface area (Å²) in [5.41, 5.74) is 0. The van der Waals surface area contributed by atoms with Crippen LogP contribution >= 0.6 is 0 Å². The molecule has 0 bridgehead atoms. The maximum absolute atomic E-state index is 10.4. The summed E-state index contributed by atoms with van der Waals surface area (Å²) in [4.78, 5) is 0. The summed E-state index contributed by atoms with van der Waals surface area (Å²) in [5, 5.41) is 0. The molecule has 0 saturated heterocycles. The lowest BCUT2D eigenvalue weighted by Gasteiger charge is -2.12. The van der Waals surface area contributed by atoms with Gasteiger partial charge in [0.2, 0.25) is 0 Å². The Labute approximate surface area is 80.2 Å². The number of unbranched alkanes of at least 4 members (excludes halogenated alkanes) is 2. The van der Waals surface area contributed by atoms with Crippen LogP contribution in [0.25, 0.3) is 0 Å². The van der Waals surface area contributed by atoms with Gasteiger partial charge in [-0.05, 0) is 12.8 Å². The molecule has 0 aliphatic carbocycles. The lowest BCUT2D eigenvalue weighted by Crippen LogP contribution is -2.16. The highest BCUT2D eigenvalue weighted by Gasteiger charge is 2.14. The summed E-state index contributed by atoms with van der Waals surface area (Å²) in [6, 6.07) is 0. The van der Waals surface area contributed by atoms with Crippen LogP contribution in [0.5, 0.6) is 0 Å². The fraction of sp³-hybridized carbons (Fsp3) is 1.00. The molecule has 0 radical (unpaired) electrons. The normalized spacial score (nSPS) is 14.4. The van der Waals surface area contributed by atoms with Crippen molar-refractivity contribution >= 4 is 10.4 Å². The Balaban J connectivity index is 3.77. The van der Waals surface area contributed by atoms with E-state index in [4.69, 9.17) is 4.55 Å². The monoisotopic (exact) mass is 210 g/mol. The minimum atomic E-state index is -4.27. The van der Waals surface area contributed by atoms with Crippen molar-refractivity contribution in [2.75, 3.05) is 0 Å². The summed E-state index contributed by atoms with van der Waals surface area (Å²) in [6.07, 6.45) is 3.99. The zero-order chi connectivity index (χ0) is 10.3. The Bertz CT molecular complexity index is 210. The van der Waals surface area contributed by atoms with Gasteiger partial charge < -0.3 is 0 Å². The van der Waals surface area contributed by atoms with Gasteiger partial charge in [-0.2, -0.15) is 8.42 Å². The zero-order valence-electron chi connectivity index (χ0n) is 8.19. The molecule has 13 heavy (non-hydrogen) atoms. The van der Waals surface area contributed by atoms with Crippen LogP contribution in [-0.4, -0.2) is 19.1 Å². The van der Waals surface area contributed by atoms with Crippen molar-refractivity contribution in [2.24, 2.45) is 0 Å². The van der Waals surface area contributed by atoms with Crippen molar-refractivity contribution in [3.8, 4) is 0 Å². The third-order valence-corrected chi connectivity index (χ3v) is 2.36. The number of hydrogen-bond acceptors (Lipinski definition) is 3. The Hall–Kier alpha value is -0.130. The maximum atomic E-state index is 10.4. The van der Waals surface area contributed by atoms with Crippen LogP contribution in [0.1, 0.15) is 46.0 Å². The van der Waals surface area contributed by atoms with Gasteiger partial charge in [0.25, 0.3) is 0 Å². The molecule has 0 aromatic rings. The lowest BCUT2D eigenvalue weighted by atomic mass is 10.1. The van der Waals surface area contributed by atoms with Gasteiger partial charge in [0.05, 0.1) is 6.10 Å². The van der Waals surface area contributed by atoms with Gasteiger partial charge in [0, 0.05) is 0 Å². The van der Waals surface area contributed by atoms with Gasteiger partial charge in [-0.15, -0.1) is 0 Å². The Morgan fingerprint density at radius 1 is 1.31 bits per heavy atom. The van der Waals surface area contributed by atoms with Crippen LogP contribution < -0.4 is 0 Å². The third kappa shape index (κ3) is 8.21. The van der Waals surface area contributed by atoms with Crippen LogP contribution in [0.3, 0.4) is 0 Å². The van der Waals surface area contributed by atoms with E-state index in [1.807, 2.05) is 6.92 Å². The molecule has 4 nitrogen and oxygen atoms in total. The SMILES string of the molecule is CCCCC[C@H](CC)OS(=O)(=O)O. The molecule has 0 amide bonds. The molecule has 0 aromatic heterocycles. The molecular weight excluding hydrogens is 192 g/mol. The topological polar surface area (TPSA) is 63.6 Å². The highest BCUT2D eigenvalue weighted by Crippen LogP contribution is 2.11. The fourth-order valence-corrected chi connectivity index (χ4v) is 1.69. The summed E-state index contributed by atoms with van der Waals surface area (Å²) >= 11 is 0. The van der Waals surface area contributed by atoms with Gasteiger partial charge >= 0.3 is 10.4 Å². The van der Waals surface area contributed by atoms with E-state index >= 15 is 0 Å². The third-order valence-electron chi connectivity index (χ3n) is 1.84. The van der Waals surface area contributed by atoms with Gasteiger partial charge in [-0.3, -0.25) is 4.55 Å². The maximum Gasteiger partial charge on any atom is 0.397 e. The molecule has 0 aromatic carbocycles. The first kappa shape index (κ1) is 12.9. The Morgan fingerprint density at radius 3 is 2.31 bits per heavy atom. The number of rotatable bonds is 7. The number of hydrogen-bond donors (Lipinski definition) is 1. The Kier molecular flexibility index (Phi) is 6.28. The second-order valence-corrected chi connectivity index (χ2v) is 4.10. The molecule has 1 atom stereocenters. The molecule has 0 spiro atoms. The van der Waals surface area contributed by atoms with Gasteiger partial charge in [-0.25, -0.2) is 4.18 Å². The van der Waals surface area contributed by atoms with Crippen molar-refractivity contribution in [3.63, 3.8) is 0 Å². The van der Waals surface area contributed by atoms with E-state index in [2.05, 4.69) is 11.1 Å². The van der Waals surface area contributed by atoms with Gasteiger partial charge in [0.1, 0.15) is 0 Å².